The lowest BCUT2D eigenvalue weighted by molar-refractivity contribution is -0.141. The minimum Gasteiger partial charge on any atom is -0.497 e. The third-order valence-corrected chi connectivity index (χ3v) is 4.76. The molecule has 1 aliphatic rings. The second-order valence-electron chi connectivity index (χ2n) is 7.24. The zero-order valence-corrected chi connectivity index (χ0v) is 15.9. The molecule has 1 fully saturated rings. The van der Waals surface area contributed by atoms with E-state index in [0.717, 1.165) is 16.9 Å². The van der Waals surface area contributed by atoms with Gasteiger partial charge in [0.2, 0.25) is 5.95 Å². The molecule has 27 heavy (non-hydrogen) atoms. The second kappa shape index (κ2) is 8.35. The Kier molecular flexibility index (Phi) is 5.91. The third kappa shape index (κ3) is 4.74. The van der Waals surface area contributed by atoms with Crippen molar-refractivity contribution in [1.29, 1.82) is 0 Å². The highest BCUT2D eigenvalue weighted by Crippen LogP contribution is 2.35. The topological polar surface area (TPSA) is 87.6 Å². The van der Waals surface area contributed by atoms with Crippen LogP contribution in [0.4, 0.5) is 5.95 Å². The van der Waals surface area contributed by atoms with E-state index in [1.165, 1.54) is 0 Å². The number of anilines is 1. The van der Waals surface area contributed by atoms with Crippen LogP contribution in [0.2, 0.25) is 0 Å². The van der Waals surface area contributed by atoms with Crippen LogP contribution >= 0.6 is 0 Å². The van der Waals surface area contributed by atoms with Gasteiger partial charge in [-0.05, 0) is 31.5 Å². The SMILES string of the molecule is COc1cccc([C@H]2CN(Cc3cnc(NC(C)C)nc3)C[C@@H]2C(=O)O)c1. The fourth-order valence-electron chi connectivity index (χ4n) is 3.50. The summed E-state index contributed by atoms with van der Waals surface area (Å²) in [4.78, 5) is 22.6. The van der Waals surface area contributed by atoms with E-state index < -0.39 is 11.9 Å². The fourth-order valence-corrected chi connectivity index (χ4v) is 3.50. The number of rotatable bonds is 7. The number of nitrogens with zero attached hydrogens (tertiary/aromatic N) is 3. The molecule has 0 bridgehead atoms. The van der Waals surface area contributed by atoms with Crippen molar-refractivity contribution in [2.45, 2.75) is 32.4 Å². The average molecular weight is 370 g/mol. The highest BCUT2D eigenvalue weighted by atomic mass is 16.5. The molecule has 0 unspecified atom stereocenters. The van der Waals surface area contributed by atoms with Gasteiger partial charge in [0.05, 0.1) is 13.0 Å². The van der Waals surface area contributed by atoms with Gasteiger partial charge in [0.25, 0.3) is 0 Å². The van der Waals surface area contributed by atoms with Crippen molar-refractivity contribution in [3.05, 3.63) is 47.8 Å². The van der Waals surface area contributed by atoms with Gasteiger partial charge in [-0.25, -0.2) is 9.97 Å². The van der Waals surface area contributed by atoms with E-state index >= 15 is 0 Å². The van der Waals surface area contributed by atoms with Crippen molar-refractivity contribution in [2.75, 3.05) is 25.5 Å². The number of aliphatic carboxylic acids is 1. The number of nitrogens with one attached hydrogen (secondary N) is 1. The van der Waals surface area contributed by atoms with Crippen molar-refractivity contribution in [1.82, 2.24) is 14.9 Å². The van der Waals surface area contributed by atoms with Crippen molar-refractivity contribution < 1.29 is 14.6 Å². The van der Waals surface area contributed by atoms with Gasteiger partial charge in [-0.1, -0.05) is 12.1 Å². The van der Waals surface area contributed by atoms with E-state index in [0.29, 0.717) is 25.6 Å². The van der Waals surface area contributed by atoms with Gasteiger partial charge in [0.15, 0.2) is 0 Å². The Labute approximate surface area is 159 Å². The molecule has 7 heteroatoms. The lowest BCUT2D eigenvalue weighted by atomic mass is 9.89. The van der Waals surface area contributed by atoms with Crippen molar-refractivity contribution >= 4 is 11.9 Å². The minimum absolute atomic E-state index is 0.0691. The number of methoxy groups -OCH3 is 1. The van der Waals surface area contributed by atoms with Crippen LogP contribution < -0.4 is 10.1 Å². The lowest BCUT2D eigenvalue weighted by Gasteiger charge is -2.17. The summed E-state index contributed by atoms with van der Waals surface area (Å²) in [6.07, 6.45) is 3.60. The van der Waals surface area contributed by atoms with E-state index in [1.54, 1.807) is 19.5 Å². The van der Waals surface area contributed by atoms with E-state index in [2.05, 4.69) is 20.2 Å². The van der Waals surface area contributed by atoms with Crippen LogP contribution in [-0.4, -0.2) is 52.2 Å². The molecule has 144 valence electrons. The smallest absolute Gasteiger partial charge is 0.308 e. The Morgan fingerprint density at radius 3 is 2.70 bits per heavy atom. The molecule has 1 saturated heterocycles. The predicted molar refractivity (Wildman–Crippen MR) is 103 cm³/mol. The first kappa shape index (κ1) is 19.1. The summed E-state index contributed by atoms with van der Waals surface area (Å²) < 4.78 is 5.29. The number of likely N-dealkylation sites (tertiary alicyclic amines) is 1. The van der Waals surface area contributed by atoms with Gasteiger partial charge in [0, 0.05) is 49.6 Å². The predicted octanol–water partition coefficient (Wildman–Crippen LogP) is 2.61. The highest BCUT2D eigenvalue weighted by molar-refractivity contribution is 5.72. The number of ether oxygens (including phenoxy) is 1. The maximum Gasteiger partial charge on any atom is 0.308 e. The molecule has 3 rings (SSSR count). The summed E-state index contributed by atoms with van der Waals surface area (Å²) in [6.45, 7) is 5.88. The molecule has 0 amide bonds. The Bertz CT molecular complexity index is 779. The first-order chi connectivity index (χ1) is 13.0. The molecule has 0 saturated carbocycles. The van der Waals surface area contributed by atoms with E-state index in [1.807, 2.05) is 38.1 Å². The number of aromatic nitrogens is 2. The Balaban J connectivity index is 1.71. The summed E-state index contributed by atoms with van der Waals surface area (Å²) in [5, 5.41) is 12.8. The van der Waals surface area contributed by atoms with Crippen molar-refractivity contribution in [3.8, 4) is 5.75 Å². The van der Waals surface area contributed by atoms with E-state index in [4.69, 9.17) is 4.74 Å². The number of carboxylic acids is 1. The van der Waals surface area contributed by atoms with Crippen LogP contribution in [0.5, 0.6) is 5.75 Å². The molecule has 1 aromatic carbocycles. The van der Waals surface area contributed by atoms with Crippen molar-refractivity contribution in [2.24, 2.45) is 5.92 Å². The van der Waals surface area contributed by atoms with Gasteiger partial charge < -0.3 is 15.2 Å². The molecule has 0 radical (unpaired) electrons. The summed E-state index contributed by atoms with van der Waals surface area (Å²) in [5.74, 6) is 0.0722. The molecule has 2 atom stereocenters. The van der Waals surface area contributed by atoms with Gasteiger partial charge in [-0.2, -0.15) is 0 Å². The maximum absolute atomic E-state index is 11.8. The molecule has 2 aromatic rings. The molecular formula is C20H26N4O3. The van der Waals surface area contributed by atoms with Crippen LogP contribution in [-0.2, 0) is 11.3 Å². The molecular weight excluding hydrogens is 344 g/mol. The maximum atomic E-state index is 11.8. The summed E-state index contributed by atoms with van der Waals surface area (Å²) in [6, 6.07) is 7.95. The summed E-state index contributed by atoms with van der Waals surface area (Å²) in [7, 11) is 1.62. The zero-order valence-electron chi connectivity index (χ0n) is 15.9. The molecule has 0 spiro atoms. The third-order valence-electron chi connectivity index (χ3n) is 4.76. The average Bonchev–Trinajstić information content (AvgIpc) is 3.07. The number of carboxylic acid groups (broad SMARTS) is 1. The standard InChI is InChI=1S/C20H26N4O3/c1-13(2)23-20-21-8-14(9-22-20)10-24-11-17(18(12-24)19(25)26)15-5-4-6-16(7-15)27-3/h4-9,13,17-18H,10-12H2,1-3H3,(H,25,26)(H,21,22,23)/t17-,18+/m1/s1. The van der Waals surface area contributed by atoms with Gasteiger partial charge in [-0.15, -0.1) is 0 Å². The van der Waals surface area contributed by atoms with E-state index in [9.17, 15) is 9.90 Å². The number of hydrogen-bond acceptors (Lipinski definition) is 6. The monoisotopic (exact) mass is 370 g/mol. The number of benzene rings is 1. The van der Waals surface area contributed by atoms with Crippen LogP contribution in [0.15, 0.2) is 36.7 Å². The highest BCUT2D eigenvalue weighted by Gasteiger charge is 2.38. The van der Waals surface area contributed by atoms with Gasteiger partial charge in [0.1, 0.15) is 5.75 Å². The van der Waals surface area contributed by atoms with Gasteiger partial charge in [-0.3, -0.25) is 9.69 Å². The normalized spacial score (nSPS) is 20.0. The Morgan fingerprint density at radius 1 is 1.33 bits per heavy atom. The summed E-state index contributed by atoms with van der Waals surface area (Å²) in [5.41, 5.74) is 1.97. The molecule has 2 N–H and O–H groups in total. The molecule has 2 heterocycles. The number of hydrogen-bond donors (Lipinski definition) is 2. The molecule has 0 aliphatic carbocycles. The number of carbonyl (C=O) groups is 1. The zero-order chi connectivity index (χ0) is 19.4. The lowest BCUT2D eigenvalue weighted by Crippen LogP contribution is -2.23. The molecule has 1 aliphatic heterocycles. The van der Waals surface area contributed by atoms with Crippen molar-refractivity contribution in [3.63, 3.8) is 0 Å². The quantitative estimate of drug-likeness (QED) is 0.774. The fraction of sp³-hybridized carbons (Fsp3) is 0.450. The van der Waals surface area contributed by atoms with Gasteiger partial charge >= 0.3 is 5.97 Å². The minimum atomic E-state index is -0.766. The van der Waals surface area contributed by atoms with Crippen LogP contribution in [0.25, 0.3) is 0 Å². The van der Waals surface area contributed by atoms with E-state index in [-0.39, 0.29) is 12.0 Å². The first-order valence-corrected chi connectivity index (χ1v) is 9.13. The molecule has 7 nitrogen and oxygen atoms in total. The second-order valence-corrected chi connectivity index (χ2v) is 7.24. The largest absolute Gasteiger partial charge is 0.497 e. The van der Waals surface area contributed by atoms with Crippen LogP contribution in [0.3, 0.4) is 0 Å². The first-order valence-electron chi connectivity index (χ1n) is 9.13. The Morgan fingerprint density at radius 2 is 2.07 bits per heavy atom. The Hall–Kier alpha value is -2.67. The molecule has 1 aromatic heterocycles. The summed E-state index contributed by atoms with van der Waals surface area (Å²) >= 11 is 0. The van der Waals surface area contributed by atoms with Crippen LogP contribution in [0.1, 0.15) is 30.9 Å². The van der Waals surface area contributed by atoms with Crippen LogP contribution in [0, 0.1) is 5.92 Å².